The van der Waals surface area contributed by atoms with Crippen LogP contribution >= 0.6 is 15.9 Å². The molecule has 166 valence electrons. The molecule has 0 aliphatic heterocycles. The van der Waals surface area contributed by atoms with Gasteiger partial charge in [-0.05, 0) is 48.0 Å². The molecule has 4 aromatic carbocycles. The number of nitrogens with one attached hydrogen (secondary N) is 1. The van der Waals surface area contributed by atoms with E-state index < -0.39 is 15.9 Å². The summed E-state index contributed by atoms with van der Waals surface area (Å²) < 4.78 is 28.8. The number of anilines is 2. The van der Waals surface area contributed by atoms with Gasteiger partial charge in [0.15, 0.2) is 0 Å². The van der Waals surface area contributed by atoms with Crippen LogP contribution in [-0.4, -0.2) is 20.9 Å². The van der Waals surface area contributed by atoms with E-state index in [1.807, 2.05) is 48.5 Å². The smallest absolute Gasteiger partial charge is 0.264 e. The maximum Gasteiger partial charge on any atom is 0.264 e. The maximum atomic E-state index is 13.4. The van der Waals surface area contributed by atoms with Crippen molar-refractivity contribution in [1.82, 2.24) is 0 Å². The van der Waals surface area contributed by atoms with Crippen LogP contribution in [0.3, 0.4) is 0 Å². The van der Waals surface area contributed by atoms with Crippen molar-refractivity contribution in [3.8, 4) is 11.1 Å². The Bertz CT molecular complexity index is 1340. The van der Waals surface area contributed by atoms with Crippen LogP contribution < -0.4 is 9.62 Å². The van der Waals surface area contributed by atoms with Crippen molar-refractivity contribution >= 4 is 43.2 Å². The molecule has 0 unspecified atom stereocenters. The number of halogens is 1. The number of benzene rings is 4. The zero-order valence-electron chi connectivity index (χ0n) is 17.6. The van der Waals surface area contributed by atoms with E-state index in [1.54, 1.807) is 48.5 Å². The summed E-state index contributed by atoms with van der Waals surface area (Å²) in [4.78, 5) is 13.2. The van der Waals surface area contributed by atoms with Crippen molar-refractivity contribution in [1.29, 1.82) is 0 Å². The van der Waals surface area contributed by atoms with Crippen molar-refractivity contribution in [3.63, 3.8) is 0 Å². The zero-order valence-corrected chi connectivity index (χ0v) is 20.0. The van der Waals surface area contributed by atoms with Gasteiger partial charge in [0.2, 0.25) is 5.91 Å². The van der Waals surface area contributed by atoms with Crippen LogP contribution in [0.1, 0.15) is 0 Å². The van der Waals surface area contributed by atoms with E-state index in [0.29, 0.717) is 11.4 Å². The first kappa shape index (κ1) is 22.8. The minimum atomic E-state index is -3.96. The molecular weight excluding hydrogens is 500 g/mol. The molecule has 0 saturated carbocycles. The standard InChI is InChI=1S/C26H21BrN2O3S/c27-21-15-17-22(18-16-21)29(33(31,32)23-11-5-2-6-12-23)19-26(30)28-25-14-8-7-13-24(25)20-9-3-1-4-10-20/h1-18H,19H2,(H,28,30). The Morgan fingerprint density at radius 3 is 2.00 bits per heavy atom. The number of nitrogens with zero attached hydrogens (tertiary/aromatic N) is 1. The Hall–Kier alpha value is -3.42. The lowest BCUT2D eigenvalue weighted by Gasteiger charge is -2.24. The molecule has 0 fully saturated rings. The molecular formula is C26H21BrN2O3S. The van der Waals surface area contributed by atoms with E-state index in [1.165, 1.54) is 12.1 Å². The average Bonchev–Trinajstić information content (AvgIpc) is 2.84. The second-order valence-electron chi connectivity index (χ2n) is 7.26. The Balaban J connectivity index is 1.65. The Morgan fingerprint density at radius 1 is 0.758 bits per heavy atom. The summed E-state index contributed by atoms with van der Waals surface area (Å²) in [5.41, 5.74) is 2.82. The van der Waals surface area contributed by atoms with E-state index in [-0.39, 0.29) is 11.4 Å². The first-order chi connectivity index (χ1) is 15.9. The number of para-hydroxylation sites is 1. The number of amides is 1. The molecule has 7 heteroatoms. The van der Waals surface area contributed by atoms with Crippen molar-refractivity contribution in [3.05, 3.63) is 114 Å². The normalized spacial score (nSPS) is 11.1. The third-order valence-electron chi connectivity index (χ3n) is 5.02. The third kappa shape index (κ3) is 5.32. The summed E-state index contributed by atoms with van der Waals surface area (Å²) in [5.74, 6) is -0.444. The molecule has 4 rings (SSSR count). The van der Waals surface area contributed by atoms with E-state index >= 15 is 0 Å². The number of hydrogen-bond acceptors (Lipinski definition) is 3. The fourth-order valence-electron chi connectivity index (χ4n) is 3.42. The lowest BCUT2D eigenvalue weighted by molar-refractivity contribution is -0.114. The molecule has 0 bridgehead atoms. The number of carbonyl (C=O) groups excluding carboxylic acids is 1. The quantitative estimate of drug-likeness (QED) is 0.327. The molecule has 0 aliphatic carbocycles. The lowest BCUT2D eigenvalue weighted by Crippen LogP contribution is -2.38. The van der Waals surface area contributed by atoms with Gasteiger partial charge in [0.25, 0.3) is 10.0 Å². The molecule has 0 saturated heterocycles. The molecule has 33 heavy (non-hydrogen) atoms. The summed E-state index contributed by atoms with van der Waals surface area (Å²) >= 11 is 3.37. The topological polar surface area (TPSA) is 66.5 Å². The summed E-state index contributed by atoms with van der Waals surface area (Å²) in [6, 6.07) is 32.0. The molecule has 0 atom stereocenters. The predicted molar refractivity (Wildman–Crippen MR) is 136 cm³/mol. The van der Waals surface area contributed by atoms with Gasteiger partial charge in [0.1, 0.15) is 6.54 Å². The van der Waals surface area contributed by atoms with Crippen molar-refractivity contribution in [2.24, 2.45) is 0 Å². The number of carbonyl (C=O) groups is 1. The lowest BCUT2D eigenvalue weighted by atomic mass is 10.0. The van der Waals surface area contributed by atoms with Gasteiger partial charge in [-0.3, -0.25) is 9.10 Å². The second-order valence-corrected chi connectivity index (χ2v) is 10.0. The van der Waals surface area contributed by atoms with Crippen LogP contribution in [0.15, 0.2) is 119 Å². The summed E-state index contributed by atoms with van der Waals surface area (Å²) in [7, 11) is -3.96. The molecule has 0 radical (unpaired) electrons. The molecule has 0 aliphatic rings. The highest BCUT2D eigenvalue weighted by Crippen LogP contribution is 2.29. The zero-order chi connectivity index (χ0) is 23.3. The SMILES string of the molecule is O=C(CN(c1ccc(Br)cc1)S(=O)(=O)c1ccccc1)Nc1ccccc1-c1ccccc1. The monoisotopic (exact) mass is 520 g/mol. The van der Waals surface area contributed by atoms with Gasteiger partial charge in [0, 0.05) is 15.7 Å². The summed E-state index contributed by atoms with van der Waals surface area (Å²) in [5, 5.41) is 2.89. The highest BCUT2D eigenvalue weighted by atomic mass is 79.9. The Morgan fingerprint density at radius 2 is 1.33 bits per heavy atom. The van der Waals surface area contributed by atoms with Gasteiger partial charge in [-0.15, -0.1) is 0 Å². The minimum absolute atomic E-state index is 0.116. The van der Waals surface area contributed by atoms with Crippen LogP contribution in [0.2, 0.25) is 0 Å². The van der Waals surface area contributed by atoms with Crippen LogP contribution in [0.5, 0.6) is 0 Å². The Kier molecular flexibility index (Phi) is 6.91. The van der Waals surface area contributed by atoms with Gasteiger partial charge < -0.3 is 5.32 Å². The minimum Gasteiger partial charge on any atom is -0.324 e. The van der Waals surface area contributed by atoms with E-state index in [9.17, 15) is 13.2 Å². The predicted octanol–water partition coefficient (Wildman–Crippen LogP) is 5.95. The number of hydrogen-bond donors (Lipinski definition) is 1. The summed E-state index contributed by atoms with van der Waals surface area (Å²) in [6.45, 7) is -0.373. The van der Waals surface area contributed by atoms with Gasteiger partial charge in [-0.2, -0.15) is 0 Å². The fraction of sp³-hybridized carbons (Fsp3) is 0.0385. The first-order valence-electron chi connectivity index (χ1n) is 10.2. The highest BCUT2D eigenvalue weighted by Gasteiger charge is 2.27. The molecule has 0 aromatic heterocycles. The largest absolute Gasteiger partial charge is 0.324 e. The van der Waals surface area contributed by atoms with Gasteiger partial charge in [-0.1, -0.05) is 82.7 Å². The number of rotatable bonds is 7. The molecule has 0 heterocycles. The van der Waals surface area contributed by atoms with Crippen LogP contribution in [0, 0.1) is 0 Å². The number of sulfonamides is 1. The van der Waals surface area contributed by atoms with E-state index in [2.05, 4.69) is 21.2 Å². The van der Waals surface area contributed by atoms with Crippen molar-refractivity contribution in [2.45, 2.75) is 4.90 Å². The van der Waals surface area contributed by atoms with Gasteiger partial charge >= 0.3 is 0 Å². The van der Waals surface area contributed by atoms with Crippen LogP contribution in [-0.2, 0) is 14.8 Å². The van der Waals surface area contributed by atoms with E-state index in [0.717, 1.165) is 19.9 Å². The maximum absolute atomic E-state index is 13.4. The van der Waals surface area contributed by atoms with Crippen molar-refractivity contribution in [2.75, 3.05) is 16.2 Å². The Labute approximate surface area is 201 Å². The van der Waals surface area contributed by atoms with Gasteiger partial charge in [-0.25, -0.2) is 8.42 Å². The highest BCUT2D eigenvalue weighted by molar-refractivity contribution is 9.10. The fourth-order valence-corrected chi connectivity index (χ4v) is 5.13. The molecule has 1 N–H and O–H groups in total. The molecule has 0 spiro atoms. The van der Waals surface area contributed by atoms with E-state index in [4.69, 9.17) is 0 Å². The van der Waals surface area contributed by atoms with Crippen LogP contribution in [0.25, 0.3) is 11.1 Å². The van der Waals surface area contributed by atoms with Gasteiger partial charge in [0.05, 0.1) is 10.6 Å². The first-order valence-corrected chi connectivity index (χ1v) is 12.5. The second kappa shape index (κ2) is 10.0. The molecule has 4 aromatic rings. The van der Waals surface area contributed by atoms with Crippen molar-refractivity contribution < 1.29 is 13.2 Å². The summed E-state index contributed by atoms with van der Waals surface area (Å²) in [6.07, 6.45) is 0. The van der Waals surface area contributed by atoms with Crippen LogP contribution in [0.4, 0.5) is 11.4 Å². The molecule has 1 amide bonds. The average molecular weight is 521 g/mol. The third-order valence-corrected chi connectivity index (χ3v) is 7.34. The molecule has 5 nitrogen and oxygen atoms in total.